The van der Waals surface area contributed by atoms with Crippen LogP contribution >= 0.6 is 0 Å². The molecular weight excluding hydrogens is 195 g/mol. The van der Waals surface area contributed by atoms with Crippen molar-refractivity contribution in [2.75, 3.05) is 13.7 Å². The highest BCUT2D eigenvalue weighted by molar-refractivity contribution is 5.10. The Labute approximate surface area is 81.1 Å². The maximum atomic E-state index is 12.1. The molecule has 0 aromatic carbocycles. The van der Waals surface area contributed by atoms with Gasteiger partial charge in [0.25, 0.3) is 0 Å². The van der Waals surface area contributed by atoms with Gasteiger partial charge in [0.05, 0.1) is 19.3 Å². The normalized spacial score (nSPS) is 19.9. The minimum atomic E-state index is -4.13. The van der Waals surface area contributed by atoms with E-state index in [4.69, 9.17) is 4.74 Å². The van der Waals surface area contributed by atoms with Crippen molar-refractivity contribution in [3.8, 4) is 0 Å². The summed E-state index contributed by atoms with van der Waals surface area (Å²) in [5.74, 6) is 0. The lowest BCUT2D eigenvalue weighted by molar-refractivity contribution is -0.138. The molecule has 1 N–H and O–H groups in total. The molecule has 14 heavy (non-hydrogen) atoms. The van der Waals surface area contributed by atoms with Crippen LogP contribution in [0.25, 0.3) is 0 Å². The summed E-state index contributed by atoms with van der Waals surface area (Å²) in [4.78, 5) is 0. The number of rotatable bonds is 3. The number of halogens is 3. The third-order valence-electron chi connectivity index (χ3n) is 2.19. The quantitative estimate of drug-likeness (QED) is 0.769. The monoisotopic (exact) mass is 209 g/mol. The Balaban J connectivity index is 2.57. The molecule has 0 aromatic rings. The van der Waals surface area contributed by atoms with Gasteiger partial charge in [0.15, 0.2) is 0 Å². The van der Waals surface area contributed by atoms with E-state index < -0.39 is 18.6 Å². The minimum absolute atomic E-state index is 0.603. The zero-order valence-electron chi connectivity index (χ0n) is 8.03. The predicted octanol–water partition coefficient (Wildman–Crippen LogP) is 2.22. The molecule has 5 heteroatoms. The molecule has 2 nitrogen and oxygen atoms in total. The average Bonchev–Trinajstić information content (AvgIpc) is 2.14. The summed E-state index contributed by atoms with van der Waals surface area (Å²) in [5.41, 5.74) is 0.705. The van der Waals surface area contributed by atoms with Crippen molar-refractivity contribution >= 4 is 0 Å². The van der Waals surface area contributed by atoms with E-state index in [9.17, 15) is 13.2 Å². The van der Waals surface area contributed by atoms with Gasteiger partial charge in [-0.1, -0.05) is 0 Å². The first-order valence-corrected chi connectivity index (χ1v) is 4.57. The van der Waals surface area contributed by atoms with Crippen LogP contribution < -0.4 is 5.32 Å². The third kappa shape index (κ3) is 3.57. The van der Waals surface area contributed by atoms with Gasteiger partial charge >= 0.3 is 6.18 Å². The summed E-state index contributed by atoms with van der Waals surface area (Å²) in [6, 6.07) is -0.643. The summed E-state index contributed by atoms with van der Waals surface area (Å²) >= 11 is 0. The number of hydrogen-bond acceptors (Lipinski definition) is 2. The van der Waals surface area contributed by atoms with Gasteiger partial charge in [-0.15, -0.1) is 0 Å². The maximum Gasteiger partial charge on any atom is 0.390 e. The van der Waals surface area contributed by atoms with Gasteiger partial charge in [-0.25, -0.2) is 0 Å². The van der Waals surface area contributed by atoms with Crippen molar-refractivity contribution < 1.29 is 17.9 Å². The number of alkyl halides is 3. The Bertz CT molecular complexity index is 213. The molecule has 0 aromatic heterocycles. The Morgan fingerprint density at radius 3 is 2.71 bits per heavy atom. The molecule has 1 aliphatic heterocycles. The van der Waals surface area contributed by atoms with E-state index in [1.165, 1.54) is 13.3 Å². The molecule has 1 atom stereocenters. The lowest BCUT2D eigenvalue weighted by Crippen LogP contribution is -2.33. The first-order chi connectivity index (χ1) is 6.53. The molecule has 82 valence electrons. The van der Waals surface area contributed by atoms with E-state index in [0.29, 0.717) is 18.6 Å². The first-order valence-electron chi connectivity index (χ1n) is 4.57. The fraction of sp³-hybridized carbons (Fsp3) is 0.778. The molecule has 0 saturated heterocycles. The Morgan fingerprint density at radius 1 is 1.57 bits per heavy atom. The van der Waals surface area contributed by atoms with Gasteiger partial charge < -0.3 is 10.1 Å². The van der Waals surface area contributed by atoms with Crippen LogP contribution in [-0.4, -0.2) is 25.9 Å². The second kappa shape index (κ2) is 4.68. The van der Waals surface area contributed by atoms with E-state index in [2.05, 4.69) is 5.32 Å². The second-order valence-electron chi connectivity index (χ2n) is 3.33. The molecule has 1 unspecified atom stereocenters. The van der Waals surface area contributed by atoms with Crippen molar-refractivity contribution in [2.24, 2.45) is 0 Å². The number of likely N-dealkylation sites (N-methyl/N-ethyl adjacent to an activating group) is 1. The second-order valence-corrected chi connectivity index (χ2v) is 3.33. The van der Waals surface area contributed by atoms with Crippen LogP contribution in [0.5, 0.6) is 0 Å². The van der Waals surface area contributed by atoms with Crippen LogP contribution in [0.4, 0.5) is 13.2 Å². The number of hydrogen-bond donors (Lipinski definition) is 1. The van der Waals surface area contributed by atoms with Crippen molar-refractivity contribution in [3.63, 3.8) is 0 Å². The van der Waals surface area contributed by atoms with Crippen LogP contribution in [0.2, 0.25) is 0 Å². The van der Waals surface area contributed by atoms with Crippen molar-refractivity contribution in [3.05, 3.63) is 11.8 Å². The molecule has 1 heterocycles. The topological polar surface area (TPSA) is 21.3 Å². The zero-order chi connectivity index (χ0) is 10.6. The highest BCUT2D eigenvalue weighted by Gasteiger charge is 2.33. The van der Waals surface area contributed by atoms with E-state index in [-0.39, 0.29) is 0 Å². The maximum absolute atomic E-state index is 12.1. The summed E-state index contributed by atoms with van der Waals surface area (Å²) in [5, 5.41) is 2.66. The molecular formula is C9H14F3NO. The predicted molar refractivity (Wildman–Crippen MR) is 46.8 cm³/mol. The van der Waals surface area contributed by atoms with Crippen molar-refractivity contribution in [1.29, 1.82) is 0 Å². The van der Waals surface area contributed by atoms with E-state index >= 15 is 0 Å². The summed E-state index contributed by atoms with van der Waals surface area (Å²) in [7, 11) is 1.53. The molecule has 0 fully saturated rings. The van der Waals surface area contributed by atoms with E-state index in [1.807, 2.05) is 0 Å². The first kappa shape index (κ1) is 11.4. The van der Waals surface area contributed by atoms with Gasteiger partial charge in [0, 0.05) is 6.04 Å². The highest BCUT2D eigenvalue weighted by Crippen LogP contribution is 2.27. The number of nitrogens with one attached hydrogen (secondary N) is 1. The molecule has 0 aliphatic carbocycles. The smallest absolute Gasteiger partial charge is 0.390 e. The Kier molecular flexibility index (Phi) is 3.80. The van der Waals surface area contributed by atoms with Crippen LogP contribution in [0.3, 0.4) is 0 Å². The molecule has 0 spiro atoms. The molecule has 0 saturated carbocycles. The standard InChI is InChI=1S/C9H14F3NO/c1-13-8(5-9(10,11)12)7-3-2-4-14-6-7/h6,8,13H,2-5H2,1H3. The van der Waals surface area contributed by atoms with Crippen molar-refractivity contribution in [2.45, 2.75) is 31.5 Å². The lowest BCUT2D eigenvalue weighted by atomic mass is 9.99. The molecule has 1 aliphatic rings. The Morgan fingerprint density at radius 2 is 2.29 bits per heavy atom. The SMILES string of the molecule is CNC(CC(F)(F)F)C1=COCCC1. The summed E-state index contributed by atoms with van der Waals surface area (Å²) < 4.78 is 41.4. The largest absolute Gasteiger partial charge is 0.501 e. The van der Waals surface area contributed by atoms with Gasteiger partial charge in [0.2, 0.25) is 0 Å². The third-order valence-corrected chi connectivity index (χ3v) is 2.19. The average molecular weight is 209 g/mol. The van der Waals surface area contributed by atoms with E-state index in [1.54, 1.807) is 0 Å². The molecule has 0 bridgehead atoms. The summed E-state index contributed by atoms with van der Waals surface area (Å²) in [6.07, 6.45) is -2.04. The van der Waals surface area contributed by atoms with Crippen molar-refractivity contribution in [1.82, 2.24) is 5.32 Å². The lowest BCUT2D eigenvalue weighted by Gasteiger charge is -2.23. The van der Waals surface area contributed by atoms with Crippen LogP contribution in [-0.2, 0) is 4.74 Å². The molecule has 0 radical (unpaired) electrons. The molecule has 0 amide bonds. The number of ether oxygens (including phenoxy) is 1. The van der Waals surface area contributed by atoms with Gasteiger partial charge in [0.1, 0.15) is 0 Å². The van der Waals surface area contributed by atoms with Crippen LogP contribution in [0.1, 0.15) is 19.3 Å². The fourth-order valence-electron chi connectivity index (χ4n) is 1.49. The Hall–Kier alpha value is -0.710. The van der Waals surface area contributed by atoms with E-state index in [0.717, 1.165) is 6.42 Å². The van der Waals surface area contributed by atoms with Gasteiger partial charge in [-0.3, -0.25) is 0 Å². The fourth-order valence-corrected chi connectivity index (χ4v) is 1.49. The highest BCUT2D eigenvalue weighted by atomic mass is 19.4. The zero-order valence-corrected chi connectivity index (χ0v) is 8.03. The van der Waals surface area contributed by atoms with Crippen LogP contribution in [0.15, 0.2) is 11.8 Å². The van der Waals surface area contributed by atoms with Gasteiger partial charge in [-0.2, -0.15) is 13.2 Å². The van der Waals surface area contributed by atoms with Gasteiger partial charge in [-0.05, 0) is 25.5 Å². The van der Waals surface area contributed by atoms with Crippen LogP contribution in [0, 0.1) is 0 Å². The molecule has 1 rings (SSSR count). The summed E-state index contributed by atoms with van der Waals surface area (Å²) in [6.45, 7) is 0.603. The minimum Gasteiger partial charge on any atom is -0.501 e.